The minimum absolute atomic E-state index is 0.0785. The maximum atomic E-state index is 11.4. The molecule has 7 heteroatoms. The van der Waals surface area contributed by atoms with Crippen molar-refractivity contribution in [2.75, 3.05) is 6.61 Å². The summed E-state index contributed by atoms with van der Waals surface area (Å²) in [5.41, 5.74) is 0.660. The second kappa shape index (κ2) is 10.6. The van der Waals surface area contributed by atoms with Crippen molar-refractivity contribution >= 4 is 29.0 Å². The summed E-state index contributed by atoms with van der Waals surface area (Å²) in [6.45, 7) is 4.22. The van der Waals surface area contributed by atoms with Crippen molar-refractivity contribution in [3.63, 3.8) is 0 Å². The van der Waals surface area contributed by atoms with Crippen LogP contribution in [-0.2, 0) is 28.6 Å². The Balaban J connectivity index is 0.000000941. The summed E-state index contributed by atoms with van der Waals surface area (Å²) in [4.78, 5) is 31.3. The van der Waals surface area contributed by atoms with E-state index < -0.39 is 18.2 Å². The summed E-state index contributed by atoms with van der Waals surface area (Å²) in [7, 11) is 0. The maximum Gasteiger partial charge on any atom is 0.302 e. The molecule has 2 aromatic carbocycles. The number of rotatable bonds is 4. The number of fused-ring (bicyclic) bond motifs is 1. The smallest absolute Gasteiger partial charge is 0.302 e. The molecule has 3 atom stereocenters. The molecule has 156 valence electrons. The van der Waals surface area contributed by atoms with E-state index in [1.54, 1.807) is 6.07 Å². The van der Waals surface area contributed by atoms with Crippen LogP contribution >= 0.6 is 0 Å². The van der Waals surface area contributed by atoms with Crippen molar-refractivity contribution in [2.24, 2.45) is 0 Å². The number of hydrogen-bond acceptors (Lipinski definition) is 7. The normalized spacial score (nSPS) is 20.9. The molecular weight excluding hydrogens is 376 g/mol. The zero-order valence-corrected chi connectivity index (χ0v) is 16.8. The first-order valence-corrected chi connectivity index (χ1v) is 9.42. The first-order valence-electron chi connectivity index (χ1n) is 9.42. The Morgan fingerprint density at radius 3 is 2.48 bits per heavy atom. The fourth-order valence-electron chi connectivity index (χ4n) is 3.43. The second-order valence-electron chi connectivity index (χ2n) is 6.71. The molecule has 0 aliphatic carbocycles. The van der Waals surface area contributed by atoms with E-state index in [4.69, 9.17) is 19.0 Å². The van der Waals surface area contributed by atoms with Gasteiger partial charge in [-0.3, -0.25) is 9.59 Å². The lowest BCUT2D eigenvalue weighted by atomic mass is 9.92. The molecule has 1 N–H and O–H groups in total. The van der Waals surface area contributed by atoms with Crippen LogP contribution in [0.4, 0.5) is 0 Å². The maximum absolute atomic E-state index is 11.4. The first kappa shape index (κ1) is 22.4. The van der Waals surface area contributed by atoms with Crippen LogP contribution in [0, 0.1) is 0 Å². The van der Waals surface area contributed by atoms with E-state index in [0.29, 0.717) is 18.4 Å². The van der Waals surface area contributed by atoms with E-state index in [9.17, 15) is 14.7 Å². The Bertz CT molecular complexity index is 861. The number of phenolic OH excluding ortho intramolecular Hbond substituents is 1. The first-order chi connectivity index (χ1) is 13.8. The molecule has 2 aromatic rings. The predicted octanol–water partition coefficient (Wildman–Crippen LogP) is 3.47. The quantitative estimate of drug-likeness (QED) is 0.617. The van der Waals surface area contributed by atoms with Gasteiger partial charge >= 0.3 is 11.9 Å². The number of esters is 2. The van der Waals surface area contributed by atoms with Gasteiger partial charge in [0.25, 0.3) is 0 Å². The van der Waals surface area contributed by atoms with Crippen LogP contribution in [0.2, 0.25) is 0 Å². The van der Waals surface area contributed by atoms with Crippen molar-refractivity contribution in [3.05, 3.63) is 42.0 Å². The van der Waals surface area contributed by atoms with Gasteiger partial charge in [-0.05, 0) is 23.8 Å². The van der Waals surface area contributed by atoms with Gasteiger partial charge in [-0.2, -0.15) is 0 Å². The summed E-state index contributed by atoms with van der Waals surface area (Å²) in [6.07, 6.45) is 0.359. The summed E-state index contributed by atoms with van der Waals surface area (Å²) in [5, 5.41) is 12.3. The van der Waals surface area contributed by atoms with E-state index in [2.05, 4.69) is 0 Å². The van der Waals surface area contributed by atoms with Crippen LogP contribution in [0.15, 0.2) is 36.4 Å². The lowest BCUT2D eigenvalue weighted by Crippen LogP contribution is -2.37. The van der Waals surface area contributed by atoms with Gasteiger partial charge in [0.15, 0.2) is 0 Å². The molecular formula is C22H26O7. The average molecular weight is 402 g/mol. The highest BCUT2D eigenvalue weighted by Crippen LogP contribution is 2.40. The molecule has 1 heterocycles. The number of phenols is 1. The fourth-order valence-corrected chi connectivity index (χ4v) is 3.43. The van der Waals surface area contributed by atoms with E-state index in [1.807, 2.05) is 30.3 Å². The van der Waals surface area contributed by atoms with Crippen LogP contribution in [0.25, 0.3) is 10.8 Å². The third kappa shape index (κ3) is 6.29. The lowest BCUT2D eigenvalue weighted by Gasteiger charge is -2.35. The zero-order chi connectivity index (χ0) is 21.4. The zero-order valence-electron chi connectivity index (χ0n) is 16.8. The van der Waals surface area contributed by atoms with Gasteiger partial charge in [0.05, 0.1) is 12.2 Å². The van der Waals surface area contributed by atoms with Crippen LogP contribution in [-0.4, -0.2) is 42.1 Å². The Labute approximate surface area is 169 Å². The van der Waals surface area contributed by atoms with Crippen LogP contribution in [0.3, 0.4) is 0 Å². The minimum atomic E-state index is -0.472. The molecule has 1 fully saturated rings. The van der Waals surface area contributed by atoms with Gasteiger partial charge in [-0.25, -0.2) is 0 Å². The SMILES string of the molecule is CC(=O)OCC1CC(OC(C)=O)CC(c2c(O)ccc3ccccc23)O1.CC=O. The Morgan fingerprint density at radius 1 is 1.14 bits per heavy atom. The summed E-state index contributed by atoms with van der Waals surface area (Å²) in [6, 6.07) is 11.2. The van der Waals surface area contributed by atoms with Crippen LogP contribution in [0.1, 0.15) is 45.3 Å². The number of carbonyl (C=O) groups is 3. The lowest BCUT2D eigenvalue weighted by molar-refractivity contribution is -0.169. The van der Waals surface area contributed by atoms with Gasteiger partial charge < -0.3 is 24.1 Å². The van der Waals surface area contributed by atoms with E-state index in [1.165, 1.54) is 20.8 Å². The number of hydrogen-bond donors (Lipinski definition) is 1. The third-order valence-corrected chi connectivity index (χ3v) is 4.43. The van der Waals surface area contributed by atoms with Gasteiger partial charge in [0, 0.05) is 32.3 Å². The molecule has 0 saturated carbocycles. The van der Waals surface area contributed by atoms with E-state index in [0.717, 1.165) is 17.1 Å². The molecule has 0 aromatic heterocycles. The second-order valence-corrected chi connectivity index (χ2v) is 6.71. The van der Waals surface area contributed by atoms with Crippen molar-refractivity contribution in [1.29, 1.82) is 0 Å². The van der Waals surface area contributed by atoms with E-state index >= 15 is 0 Å². The van der Waals surface area contributed by atoms with Crippen LogP contribution < -0.4 is 0 Å². The van der Waals surface area contributed by atoms with Crippen LogP contribution in [0.5, 0.6) is 5.75 Å². The fraction of sp³-hybridized carbons (Fsp3) is 0.409. The van der Waals surface area contributed by atoms with Crippen molar-refractivity contribution < 1.29 is 33.7 Å². The summed E-state index contributed by atoms with van der Waals surface area (Å²) in [5.74, 6) is -0.639. The highest BCUT2D eigenvalue weighted by atomic mass is 16.6. The van der Waals surface area contributed by atoms with Gasteiger partial charge in [-0.15, -0.1) is 0 Å². The molecule has 0 bridgehead atoms. The predicted molar refractivity (Wildman–Crippen MR) is 106 cm³/mol. The molecule has 7 nitrogen and oxygen atoms in total. The summed E-state index contributed by atoms with van der Waals surface area (Å²) < 4.78 is 16.6. The van der Waals surface area contributed by atoms with Gasteiger partial charge in [0.1, 0.15) is 24.7 Å². The number of benzene rings is 2. The van der Waals surface area contributed by atoms with Gasteiger partial charge in [-0.1, -0.05) is 30.3 Å². The molecule has 1 aliphatic heterocycles. The molecule has 1 saturated heterocycles. The molecule has 3 rings (SSSR count). The molecule has 29 heavy (non-hydrogen) atoms. The summed E-state index contributed by atoms with van der Waals surface area (Å²) >= 11 is 0. The van der Waals surface area contributed by atoms with Crippen molar-refractivity contribution in [3.8, 4) is 5.75 Å². The molecule has 1 aliphatic rings. The number of aldehydes is 1. The monoisotopic (exact) mass is 402 g/mol. The highest BCUT2D eigenvalue weighted by Gasteiger charge is 2.34. The Kier molecular flexibility index (Phi) is 8.15. The minimum Gasteiger partial charge on any atom is -0.508 e. The number of aromatic hydroxyl groups is 1. The van der Waals surface area contributed by atoms with Gasteiger partial charge in [0.2, 0.25) is 0 Å². The van der Waals surface area contributed by atoms with E-state index in [-0.39, 0.29) is 24.4 Å². The standard InChI is InChI=1S/C20H22O6.C2H4O/c1-12(21)24-11-16-9-15(25-13(2)22)10-19(26-16)20-17-6-4-3-5-14(17)7-8-18(20)23;1-2-3/h3-8,15-16,19,23H,9-11H2,1-2H3;2H,1H3. The highest BCUT2D eigenvalue weighted by molar-refractivity contribution is 5.88. The number of carbonyl (C=O) groups excluding carboxylic acids is 3. The van der Waals surface area contributed by atoms with Crippen molar-refractivity contribution in [2.45, 2.75) is 51.9 Å². The molecule has 0 spiro atoms. The number of ether oxygens (including phenoxy) is 3. The average Bonchev–Trinajstić information content (AvgIpc) is 2.66. The largest absolute Gasteiger partial charge is 0.508 e. The Morgan fingerprint density at radius 2 is 1.83 bits per heavy atom. The molecule has 0 amide bonds. The Hall–Kier alpha value is -2.93. The third-order valence-electron chi connectivity index (χ3n) is 4.43. The molecule has 3 unspecified atom stereocenters. The molecule has 0 radical (unpaired) electrons. The topological polar surface area (TPSA) is 99.1 Å². The van der Waals surface area contributed by atoms with Crippen molar-refractivity contribution in [1.82, 2.24) is 0 Å².